The zero-order valence-corrected chi connectivity index (χ0v) is 17.1. The smallest absolute Gasteiger partial charge is 0.254 e. The SMILES string of the molecule is Cc1ccc(Cl)cc1N1CCC(CNC(=O)CN(C)C(=O)c2ccccc2)C1. The van der Waals surface area contributed by atoms with E-state index in [1.54, 1.807) is 19.2 Å². The van der Waals surface area contributed by atoms with Crippen molar-refractivity contribution in [3.8, 4) is 0 Å². The number of carbonyl (C=O) groups is 2. The summed E-state index contributed by atoms with van der Waals surface area (Å²) in [5, 5.41) is 3.71. The van der Waals surface area contributed by atoms with Gasteiger partial charge >= 0.3 is 0 Å². The highest BCUT2D eigenvalue weighted by Crippen LogP contribution is 2.29. The summed E-state index contributed by atoms with van der Waals surface area (Å²) in [5.74, 6) is 0.0980. The van der Waals surface area contributed by atoms with Gasteiger partial charge in [0.05, 0.1) is 6.54 Å². The molecular weight excluding hydrogens is 374 g/mol. The Balaban J connectivity index is 1.46. The maximum absolute atomic E-state index is 12.3. The molecule has 6 heteroatoms. The van der Waals surface area contributed by atoms with E-state index in [0.29, 0.717) is 18.0 Å². The summed E-state index contributed by atoms with van der Waals surface area (Å²) in [5.41, 5.74) is 2.95. The van der Waals surface area contributed by atoms with Crippen LogP contribution in [0, 0.1) is 12.8 Å². The molecule has 5 nitrogen and oxygen atoms in total. The summed E-state index contributed by atoms with van der Waals surface area (Å²) < 4.78 is 0. The van der Waals surface area contributed by atoms with Gasteiger partial charge < -0.3 is 15.1 Å². The van der Waals surface area contributed by atoms with E-state index in [2.05, 4.69) is 17.1 Å². The first kappa shape index (κ1) is 20.2. The van der Waals surface area contributed by atoms with E-state index in [0.717, 1.165) is 30.2 Å². The molecule has 1 atom stereocenters. The summed E-state index contributed by atoms with van der Waals surface area (Å²) in [6.45, 7) is 4.59. The Morgan fingerprint density at radius 3 is 2.71 bits per heavy atom. The van der Waals surface area contributed by atoms with Gasteiger partial charge in [-0.2, -0.15) is 0 Å². The molecule has 1 saturated heterocycles. The quantitative estimate of drug-likeness (QED) is 0.810. The normalized spacial score (nSPS) is 16.1. The lowest BCUT2D eigenvalue weighted by molar-refractivity contribution is -0.121. The van der Waals surface area contributed by atoms with Gasteiger partial charge in [0, 0.05) is 43.0 Å². The van der Waals surface area contributed by atoms with Crippen molar-refractivity contribution in [3.05, 3.63) is 64.7 Å². The number of carbonyl (C=O) groups excluding carboxylic acids is 2. The Labute approximate surface area is 171 Å². The lowest BCUT2D eigenvalue weighted by Crippen LogP contribution is -2.40. The number of benzene rings is 2. The van der Waals surface area contributed by atoms with Crippen molar-refractivity contribution >= 4 is 29.1 Å². The number of hydrogen-bond donors (Lipinski definition) is 1. The number of amides is 2. The van der Waals surface area contributed by atoms with Gasteiger partial charge in [-0.05, 0) is 49.1 Å². The van der Waals surface area contributed by atoms with E-state index in [4.69, 9.17) is 11.6 Å². The highest BCUT2D eigenvalue weighted by Gasteiger charge is 2.24. The Hall–Kier alpha value is -2.53. The van der Waals surface area contributed by atoms with E-state index in [-0.39, 0.29) is 18.4 Å². The third-order valence-electron chi connectivity index (χ3n) is 5.13. The van der Waals surface area contributed by atoms with Crippen LogP contribution >= 0.6 is 11.6 Å². The van der Waals surface area contributed by atoms with Crippen LogP contribution in [0.15, 0.2) is 48.5 Å². The third-order valence-corrected chi connectivity index (χ3v) is 5.37. The number of hydrogen-bond acceptors (Lipinski definition) is 3. The molecule has 0 bridgehead atoms. The summed E-state index contributed by atoms with van der Waals surface area (Å²) in [6, 6.07) is 14.9. The summed E-state index contributed by atoms with van der Waals surface area (Å²) in [7, 11) is 1.65. The molecule has 148 valence electrons. The molecule has 1 unspecified atom stereocenters. The second-order valence-electron chi connectivity index (χ2n) is 7.36. The van der Waals surface area contributed by atoms with Crippen molar-refractivity contribution in [3.63, 3.8) is 0 Å². The average molecular weight is 400 g/mol. The second kappa shape index (κ2) is 9.11. The number of likely N-dealkylation sites (N-methyl/N-ethyl adjacent to an activating group) is 1. The highest BCUT2D eigenvalue weighted by atomic mass is 35.5. The maximum Gasteiger partial charge on any atom is 0.254 e. The molecule has 1 aliphatic rings. The molecule has 2 amide bonds. The monoisotopic (exact) mass is 399 g/mol. The first-order chi connectivity index (χ1) is 13.4. The molecule has 2 aromatic carbocycles. The number of halogens is 1. The molecule has 2 aromatic rings. The molecule has 0 aromatic heterocycles. The number of aryl methyl sites for hydroxylation is 1. The largest absolute Gasteiger partial charge is 0.371 e. The average Bonchev–Trinajstić information content (AvgIpc) is 3.17. The van der Waals surface area contributed by atoms with Crippen LogP contribution in [0.1, 0.15) is 22.3 Å². The fourth-order valence-electron chi connectivity index (χ4n) is 3.54. The Kier molecular flexibility index (Phi) is 6.57. The van der Waals surface area contributed by atoms with E-state index in [9.17, 15) is 9.59 Å². The molecule has 0 aliphatic carbocycles. The zero-order chi connectivity index (χ0) is 20.1. The molecule has 0 spiro atoms. The number of rotatable bonds is 6. The second-order valence-corrected chi connectivity index (χ2v) is 7.80. The maximum atomic E-state index is 12.3. The van der Waals surface area contributed by atoms with Gasteiger partial charge in [0.15, 0.2) is 0 Å². The van der Waals surface area contributed by atoms with Crippen LogP contribution in [0.5, 0.6) is 0 Å². The van der Waals surface area contributed by atoms with Crippen LogP contribution in [-0.4, -0.2) is 49.9 Å². The molecule has 0 saturated carbocycles. The molecule has 1 heterocycles. The van der Waals surface area contributed by atoms with Crippen LogP contribution in [0.2, 0.25) is 5.02 Å². The predicted octanol–water partition coefficient (Wildman–Crippen LogP) is 3.36. The van der Waals surface area contributed by atoms with Crippen LogP contribution in [0.25, 0.3) is 0 Å². The molecule has 3 rings (SSSR count). The number of nitrogens with zero attached hydrogens (tertiary/aromatic N) is 2. The Morgan fingerprint density at radius 2 is 1.96 bits per heavy atom. The summed E-state index contributed by atoms with van der Waals surface area (Å²) in [4.78, 5) is 28.4. The molecule has 1 aliphatic heterocycles. The first-order valence-electron chi connectivity index (χ1n) is 9.52. The number of anilines is 1. The minimum Gasteiger partial charge on any atom is -0.371 e. The standard InChI is InChI=1S/C22H26ClN3O2/c1-16-8-9-19(23)12-20(16)26-11-10-17(14-26)13-24-21(27)15-25(2)22(28)18-6-4-3-5-7-18/h3-9,12,17H,10-11,13-15H2,1-2H3,(H,24,27). The van der Waals surface area contributed by atoms with E-state index < -0.39 is 0 Å². The summed E-state index contributed by atoms with van der Waals surface area (Å²) in [6.07, 6.45) is 1.02. The fourth-order valence-corrected chi connectivity index (χ4v) is 3.71. The predicted molar refractivity (Wildman–Crippen MR) is 113 cm³/mol. The molecule has 28 heavy (non-hydrogen) atoms. The van der Waals surface area contributed by atoms with Gasteiger partial charge in [-0.25, -0.2) is 0 Å². The fraction of sp³-hybridized carbons (Fsp3) is 0.364. The van der Waals surface area contributed by atoms with Gasteiger partial charge in [0.2, 0.25) is 5.91 Å². The van der Waals surface area contributed by atoms with Gasteiger partial charge in [-0.3, -0.25) is 9.59 Å². The van der Waals surface area contributed by atoms with Gasteiger partial charge in [0.25, 0.3) is 5.91 Å². The third kappa shape index (κ3) is 5.04. The van der Waals surface area contributed by atoms with Crippen LogP contribution < -0.4 is 10.2 Å². The van der Waals surface area contributed by atoms with Crippen molar-refractivity contribution in [1.82, 2.24) is 10.2 Å². The van der Waals surface area contributed by atoms with Crippen molar-refractivity contribution in [1.29, 1.82) is 0 Å². The van der Waals surface area contributed by atoms with E-state index in [1.165, 1.54) is 10.5 Å². The summed E-state index contributed by atoms with van der Waals surface area (Å²) >= 11 is 6.14. The van der Waals surface area contributed by atoms with E-state index in [1.807, 2.05) is 36.4 Å². The van der Waals surface area contributed by atoms with Crippen molar-refractivity contribution in [2.45, 2.75) is 13.3 Å². The topological polar surface area (TPSA) is 52.7 Å². The van der Waals surface area contributed by atoms with Crippen LogP contribution in [-0.2, 0) is 4.79 Å². The minimum absolute atomic E-state index is 0.0531. The molecule has 0 radical (unpaired) electrons. The Morgan fingerprint density at radius 1 is 1.21 bits per heavy atom. The van der Waals surface area contributed by atoms with Crippen LogP contribution in [0.4, 0.5) is 5.69 Å². The van der Waals surface area contributed by atoms with Gasteiger partial charge in [-0.1, -0.05) is 35.9 Å². The number of nitrogens with one attached hydrogen (secondary N) is 1. The highest BCUT2D eigenvalue weighted by molar-refractivity contribution is 6.30. The van der Waals surface area contributed by atoms with E-state index >= 15 is 0 Å². The minimum atomic E-state index is -0.153. The lowest BCUT2D eigenvalue weighted by atomic mass is 10.1. The van der Waals surface area contributed by atoms with Crippen molar-refractivity contribution in [2.24, 2.45) is 5.92 Å². The lowest BCUT2D eigenvalue weighted by Gasteiger charge is -2.21. The van der Waals surface area contributed by atoms with Gasteiger partial charge in [-0.15, -0.1) is 0 Å². The van der Waals surface area contributed by atoms with Crippen molar-refractivity contribution in [2.75, 3.05) is 38.1 Å². The van der Waals surface area contributed by atoms with Crippen molar-refractivity contribution < 1.29 is 9.59 Å². The molecule has 1 N–H and O–H groups in total. The molecular formula is C22H26ClN3O2. The first-order valence-corrected chi connectivity index (χ1v) is 9.90. The molecule has 1 fully saturated rings. The van der Waals surface area contributed by atoms with Crippen LogP contribution in [0.3, 0.4) is 0 Å². The van der Waals surface area contributed by atoms with Gasteiger partial charge in [0.1, 0.15) is 0 Å². The zero-order valence-electron chi connectivity index (χ0n) is 16.3. The Bertz CT molecular complexity index is 841.